The summed E-state index contributed by atoms with van der Waals surface area (Å²) in [6, 6.07) is 6.20. The highest BCUT2D eigenvalue weighted by atomic mass is 35.5. The van der Waals surface area contributed by atoms with Gasteiger partial charge in [0.25, 0.3) is 5.91 Å². The minimum Gasteiger partial charge on any atom is -0.461 e. The van der Waals surface area contributed by atoms with Gasteiger partial charge >= 0.3 is 5.97 Å². The molecule has 0 spiro atoms. The molecule has 1 amide bonds. The molecule has 1 fully saturated rings. The van der Waals surface area contributed by atoms with E-state index in [1.807, 2.05) is 0 Å². The Bertz CT molecular complexity index is 837. The number of amides is 1. The van der Waals surface area contributed by atoms with E-state index in [2.05, 4.69) is 4.98 Å². The highest BCUT2D eigenvalue weighted by Gasteiger charge is 2.29. The van der Waals surface area contributed by atoms with E-state index in [1.54, 1.807) is 12.1 Å². The number of likely N-dealkylation sites (tertiary alicyclic amines) is 1. The van der Waals surface area contributed by atoms with E-state index < -0.39 is 17.5 Å². The Morgan fingerprint density at radius 2 is 1.93 bits per heavy atom. The van der Waals surface area contributed by atoms with Crippen LogP contribution in [0.2, 0.25) is 5.15 Å². The molecule has 1 aliphatic rings. The highest BCUT2D eigenvalue weighted by Crippen LogP contribution is 2.22. The summed E-state index contributed by atoms with van der Waals surface area (Å²) >= 11 is 5.70. The lowest BCUT2D eigenvalue weighted by atomic mass is 9.96. The van der Waals surface area contributed by atoms with Crippen LogP contribution in [-0.2, 0) is 16.1 Å². The molecule has 1 aromatic carbocycles. The van der Waals surface area contributed by atoms with Crippen molar-refractivity contribution in [3.8, 4) is 0 Å². The minimum atomic E-state index is -0.891. The van der Waals surface area contributed by atoms with Crippen LogP contribution in [0.15, 0.2) is 36.5 Å². The number of halogens is 3. The van der Waals surface area contributed by atoms with Crippen molar-refractivity contribution in [2.75, 3.05) is 13.1 Å². The SMILES string of the molecule is O=C(OCc1ccc(Cl)nc1)C1CCN(C(=O)c2ccc(F)cc2F)CC1. The molecule has 0 unspecified atom stereocenters. The number of rotatable bonds is 4. The molecule has 142 valence electrons. The zero-order chi connectivity index (χ0) is 19.4. The number of carbonyl (C=O) groups excluding carboxylic acids is 2. The van der Waals surface area contributed by atoms with Crippen molar-refractivity contribution >= 4 is 23.5 Å². The van der Waals surface area contributed by atoms with Gasteiger partial charge in [-0.25, -0.2) is 13.8 Å². The molecule has 2 heterocycles. The van der Waals surface area contributed by atoms with Crippen LogP contribution in [0.1, 0.15) is 28.8 Å². The van der Waals surface area contributed by atoms with Gasteiger partial charge in [0.15, 0.2) is 0 Å². The van der Waals surface area contributed by atoms with Gasteiger partial charge in [-0.2, -0.15) is 0 Å². The first-order chi connectivity index (χ1) is 12.9. The first-order valence-corrected chi connectivity index (χ1v) is 8.83. The van der Waals surface area contributed by atoms with E-state index in [0.717, 1.165) is 17.7 Å². The number of pyridine rings is 1. The standard InChI is InChI=1S/C19H17ClF2N2O3/c20-17-4-1-12(10-23-17)11-27-19(26)13-5-7-24(8-6-13)18(25)15-3-2-14(21)9-16(15)22/h1-4,9-10,13H,5-8,11H2. The van der Waals surface area contributed by atoms with Crippen LogP contribution in [0.5, 0.6) is 0 Å². The van der Waals surface area contributed by atoms with Crippen molar-refractivity contribution < 1.29 is 23.1 Å². The molecule has 8 heteroatoms. The number of hydrogen-bond acceptors (Lipinski definition) is 4. The largest absolute Gasteiger partial charge is 0.461 e. The van der Waals surface area contributed by atoms with Gasteiger partial charge in [0.05, 0.1) is 11.5 Å². The quantitative estimate of drug-likeness (QED) is 0.587. The van der Waals surface area contributed by atoms with Gasteiger partial charge in [-0.1, -0.05) is 17.7 Å². The Labute approximate surface area is 159 Å². The Balaban J connectivity index is 1.51. The lowest BCUT2D eigenvalue weighted by Crippen LogP contribution is -2.41. The van der Waals surface area contributed by atoms with E-state index in [-0.39, 0.29) is 24.1 Å². The lowest BCUT2D eigenvalue weighted by molar-refractivity contribution is -0.151. The molecule has 0 bridgehead atoms. The van der Waals surface area contributed by atoms with Crippen molar-refractivity contribution in [1.82, 2.24) is 9.88 Å². The van der Waals surface area contributed by atoms with Crippen LogP contribution in [0, 0.1) is 17.6 Å². The maximum Gasteiger partial charge on any atom is 0.309 e. The van der Waals surface area contributed by atoms with Crippen LogP contribution >= 0.6 is 11.6 Å². The third-order valence-electron chi connectivity index (χ3n) is 4.45. The Kier molecular flexibility index (Phi) is 6.01. The number of ether oxygens (including phenoxy) is 1. The molecule has 0 radical (unpaired) electrons. The van der Waals surface area contributed by atoms with Gasteiger partial charge in [0.1, 0.15) is 23.4 Å². The van der Waals surface area contributed by atoms with E-state index in [0.29, 0.717) is 37.2 Å². The molecule has 5 nitrogen and oxygen atoms in total. The second-order valence-corrected chi connectivity index (χ2v) is 6.67. The number of piperidine rings is 1. The summed E-state index contributed by atoms with van der Waals surface area (Å²) < 4.78 is 32.0. The third-order valence-corrected chi connectivity index (χ3v) is 4.67. The summed E-state index contributed by atoms with van der Waals surface area (Å²) in [7, 11) is 0. The second kappa shape index (κ2) is 8.43. The molecule has 27 heavy (non-hydrogen) atoms. The zero-order valence-electron chi connectivity index (χ0n) is 14.3. The molecule has 1 saturated heterocycles. The van der Waals surface area contributed by atoms with Crippen molar-refractivity contribution in [3.63, 3.8) is 0 Å². The smallest absolute Gasteiger partial charge is 0.309 e. The molecule has 0 aliphatic carbocycles. The van der Waals surface area contributed by atoms with Gasteiger partial charge in [-0.15, -0.1) is 0 Å². The zero-order valence-corrected chi connectivity index (χ0v) is 15.1. The van der Waals surface area contributed by atoms with Gasteiger partial charge in [-0.05, 0) is 31.0 Å². The molecule has 2 aromatic rings. The molecule has 1 aliphatic heterocycles. The molecule has 0 N–H and O–H groups in total. The molecular formula is C19H17ClF2N2O3. The van der Waals surface area contributed by atoms with E-state index in [9.17, 15) is 18.4 Å². The van der Waals surface area contributed by atoms with Gasteiger partial charge in [0, 0.05) is 30.9 Å². The molecular weight excluding hydrogens is 378 g/mol. The lowest BCUT2D eigenvalue weighted by Gasteiger charge is -2.31. The van der Waals surface area contributed by atoms with Crippen molar-refractivity contribution in [3.05, 3.63) is 64.4 Å². The summed E-state index contributed by atoms with van der Waals surface area (Å²) in [5, 5.41) is 0.361. The average Bonchev–Trinajstić information content (AvgIpc) is 2.67. The summed E-state index contributed by atoms with van der Waals surface area (Å²) in [4.78, 5) is 30.0. The number of hydrogen-bond donors (Lipinski definition) is 0. The average molecular weight is 395 g/mol. The number of esters is 1. The van der Waals surface area contributed by atoms with Gasteiger partial charge in [0.2, 0.25) is 0 Å². The van der Waals surface area contributed by atoms with E-state index in [4.69, 9.17) is 16.3 Å². The fraction of sp³-hybridized carbons (Fsp3) is 0.316. The first kappa shape index (κ1) is 19.2. The maximum atomic E-state index is 13.8. The molecule has 0 saturated carbocycles. The van der Waals surface area contributed by atoms with E-state index >= 15 is 0 Å². The van der Waals surface area contributed by atoms with Crippen LogP contribution in [0.3, 0.4) is 0 Å². The number of benzene rings is 1. The fourth-order valence-corrected chi connectivity index (χ4v) is 3.03. The number of nitrogens with zero attached hydrogens (tertiary/aromatic N) is 2. The normalized spacial score (nSPS) is 14.9. The van der Waals surface area contributed by atoms with Crippen molar-refractivity contribution in [2.45, 2.75) is 19.4 Å². The van der Waals surface area contributed by atoms with Gasteiger partial charge in [-0.3, -0.25) is 9.59 Å². The maximum absolute atomic E-state index is 13.8. The van der Waals surface area contributed by atoms with Crippen LogP contribution in [0.4, 0.5) is 8.78 Å². The summed E-state index contributed by atoms with van der Waals surface area (Å²) in [6.45, 7) is 0.707. The van der Waals surface area contributed by atoms with Crippen molar-refractivity contribution in [2.24, 2.45) is 5.92 Å². The highest BCUT2D eigenvalue weighted by molar-refractivity contribution is 6.29. The monoisotopic (exact) mass is 394 g/mol. The Hall–Kier alpha value is -2.54. The number of aromatic nitrogens is 1. The molecule has 3 rings (SSSR count). The van der Waals surface area contributed by atoms with Gasteiger partial charge < -0.3 is 9.64 Å². The van der Waals surface area contributed by atoms with Crippen LogP contribution < -0.4 is 0 Å². The predicted molar refractivity (Wildman–Crippen MR) is 94.0 cm³/mol. The molecule has 1 aromatic heterocycles. The Morgan fingerprint density at radius 1 is 1.19 bits per heavy atom. The number of carbonyl (C=O) groups is 2. The summed E-state index contributed by atoms with van der Waals surface area (Å²) in [5.74, 6) is -2.80. The summed E-state index contributed by atoms with van der Waals surface area (Å²) in [6.07, 6.45) is 2.38. The fourth-order valence-electron chi connectivity index (χ4n) is 2.92. The van der Waals surface area contributed by atoms with Crippen molar-refractivity contribution in [1.29, 1.82) is 0 Å². The predicted octanol–water partition coefficient (Wildman–Crippen LogP) is 3.61. The Morgan fingerprint density at radius 3 is 2.56 bits per heavy atom. The van der Waals surface area contributed by atoms with Crippen LogP contribution in [0.25, 0.3) is 0 Å². The second-order valence-electron chi connectivity index (χ2n) is 6.29. The van der Waals surface area contributed by atoms with Crippen LogP contribution in [-0.4, -0.2) is 34.8 Å². The molecule has 0 atom stereocenters. The topological polar surface area (TPSA) is 59.5 Å². The minimum absolute atomic E-state index is 0.100. The first-order valence-electron chi connectivity index (χ1n) is 8.45. The summed E-state index contributed by atoms with van der Waals surface area (Å²) in [5.41, 5.74) is 0.555. The van der Waals surface area contributed by atoms with E-state index in [1.165, 1.54) is 11.1 Å². The third kappa shape index (κ3) is 4.80.